The first-order chi connectivity index (χ1) is 7.59. The molecular weight excluding hydrogens is 202 g/mol. The number of hydrogen-bond acceptors (Lipinski definition) is 3. The first-order valence-corrected chi connectivity index (χ1v) is 5.34. The van der Waals surface area contributed by atoms with Gasteiger partial charge in [-0.1, -0.05) is 12.1 Å². The molecule has 0 aliphatic carbocycles. The van der Waals surface area contributed by atoms with Gasteiger partial charge >= 0.3 is 0 Å². The molecular formula is C12H19N3O. The Morgan fingerprint density at radius 3 is 2.44 bits per heavy atom. The van der Waals surface area contributed by atoms with Gasteiger partial charge in [-0.25, -0.2) is 0 Å². The zero-order chi connectivity index (χ0) is 12.0. The number of nitrogens with one attached hydrogen (secondary N) is 1. The highest BCUT2D eigenvalue weighted by molar-refractivity contribution is 5.92. The predicted octanol–water partition coefficient (Wildman–Crippen LogP) is 0.437. The molecule has 1 amide bonds. The number of benzene rings is 1. The van der Waals surface area contributed by atoms with Crippen LogP contribution in [0.1, 0.15) is 15.9 Å². The first-order valence-electron chi connectivity index (χ1n) is 5.34. The summed E-state index contributed by atoms with van der Waals surface area (Å²) >= 11 is 0. The van der Waals surface area contributed by atoms with Gasteiger partial charge in [0, 0.05) is 25.2 Å². The van der Waals surface area contributed by atoms with Gasteiger partial charge < -0.3 is 16.0 Å². The lowest BCUT2D eigenvalue weighted by molar-refractivity contribution is 0.100. The van der Waals surface area contributed by atoms with Crippen LogP contribution in [0.15, 0.2) is 24.3 Å². The fourth-order valence-corrected chi connectivity index (χ4v) is 1.32. The van der Waals surface area contributed by atoms with Crippen LogP contribution in [0, 0.1) is 0 Å². The maximum absolute atomic E-state index is 10.8. The Kier molecular flexibility index (Phi) is 4.95. The van der Waals surface area contributed by atoms with Crippen molar-refractivity contribution in [1.29, 1.82) is 0 Å². The maximum atomic E-state index is 10.8. The van der Waals surface area contributed by atoms with Gasteiger partial charge in [-0.15, -0.1) is 0 Å². The van der Waals surface area contributed by atoms with E-state index in [1.54, 1.807) is 12.1 Å². The summed E-state index contributed by atoms with van der Waals surface area (Å²) in [5.41, 5.74) is 6.87. The Labute approximate surface area is 96.4 Å². The van der Waals surface area contributed by atoms with E-state index in [9.17, 15) is 4.79 Å². The molecule has 1 rings (SSSR count). The zero-order valence-corrected chi connectivity index (χ0v) is 9.86. The highest BCUT2D eigenvalue weighted by Gasteiger charge is 1.99. The number of nitrogens with zero attached hydrogens (tertiary/aromatic N) is 1. The number of rotatable bonds is 6. The van der Waals surface area contributed by atoms with Gasteiger partial charge in [0.25, 0.3) is 0 Å². The number of hydrogen-bond donors (Lipinski definition) is 2. The Morgan fingerprint density at radius 2 is 1.94 bits per heavy atom. The molecule has 0 saturated heterocycles. The van der Waals surface area contributed by atoms with Crippen molar-refractivity contribution in [3.8, 4) is 0 Å². The largest absolute Gasteiger partial charge is 0.366 e. The van der Waals surface area contributed by atoms with Gasteiger partial charge in [-0.05, 0) is 31.8 Å². The molecule has 0 spiro atoms. The summed E-state index contributed by atoms with van der Waals surface area (Å²) in [7, 11) is 4.09. The van der Waals surface area contributed by atoms with Crippen molar-refractivity contribution in [1.82, 2.24) is 10.2 Å². The first kappa shape index (κ1) is 12.7. The summed E-state index contributed by atoms with van der Waals surface area (Å²) in [6.07, 6.45) is 0. The quantitative estimate of drug-likeness (QED) is 0.685. The third-order valence-corrected chi connectivity index (χ3v) is 2.30. The Bertz CT molecular complexity index is 333. The molecule has 3 N–H and O–H groups in total. The average molecular weight is 221 g/mol. The number of primary amides is 1. The minimum atomic E-state index is -0.382. The Morgan fingerprint density at radius 1 is 1.31 bits per heavy atom. The molecule has 0 bridgehead atoms. The van der Waals surface area contributed by atoms with E-state index >= 15 is 0 Å². The van der Waals surface area contributed by atoms with Crippen LogP contribution < -0.4 is 11.1 Å². The normalized spacial score (nSPS) is 10.7. The molecule has 0 fully saturated rings. The summed E-state index contributed by atoms with van der Waals surface area (Å²) in [6, 6.07) is 7.35. The molecule has 0 heterocycles. The van der Waals surface area contributed by atoms with Crippen molar-refractivity contribution in [2.45, 2.75) is 6.54 Å². The van der Waals surface area contributed by atoms with E-state index in [-0.39, 0.29) is 5.91 Å². The second-order valence-corrected chi connectivity index (χ2v) is 4.04. The smallest absolute Gasteiger partial charge is 0.248 e. The van der Waals surface area contributed by atoms with Gasteiger partial charge in [0.1, 0.15) is 0 Å². The van der Waals surface area contributed by atoms with Crippen LogP contribution in [0.5, 0.6) is 0 Å². The van der Waals surface area contributed by atoms with Gasteiger partial charge in [0.05, 0.1) is 0 Å². The summed E-state index contributed by atoms with van der Waals surface area (Å²) in [4.78, 5) is 13.0. The number of likely N-dealkylation sites (N-methyl/N-ethyl adjacent to an activating group) is 1. The van der Waals surface area contributed by atoms with Gasteiger partial charge in [0.2, 0.25) is 5.91 Å². The second kappa shape index (κ2) is 6.25. The van der Waals surface area contributed by atoms with Crippen LogP contribution in [0.25, 0.3) is 0 Å². The Balaban J connectivity index is 2.35. The van der Waals surface area contributed by atoms with Gasteiger partial charge in [-0.3, -0.25) is 4.79 Å². The lowest BCUT2D eigenvalue weighted by atomic mass is 10.1. The summed E-state index contributed by atoms with van der Waals surface area (Å²) in [5, 5.41) is 3.32. The molecule has 0 aliphatic rings. The molecule has 0 saturated carbocycles. The van der Waals surface area contributed by atoms with Crippen molar-refractivity contribution in [2.75, 3.05) is 27.2 Å². The molecule has 16 heavy (non-hydrogen) atoms. The van der Waals surface area contributed by atoms with E-state index in [0.717, 1.165) is 25.2 Å². The van der Waals surface area contributed by atoms with Crippen LogP contribution in [-0.2, 0) is 6.54 Å². The topological polar surface area (TPSA) is 58.4 Å². The van der Waals surface area contributed by atoms with Crippen molar-refractivity contribution in [3.05, 3.63) is 35.4 Å². The Hall–Kier alpha value is -1.39. The number of nitrogens with two attached hydrogens (primary N) is 1. The molecule has 1 aromatic rings. The molecule has 1 aromatic carbocycles. The maximum Gasteiger partial charge on any atom is 0.248 e. The van der Waals surface area contributed by atoms with Crippen LogP contribution in [0.4, 0.5) is 0 Å². The van der Waals surface area contributed by atoms with E-state index in [0.29, 0.717) is 5.56 Å². The van der Waals surface area contributed by atoms with Crippen LogP contribution in [0.2, 0.25) is 0 Å². The lowest BCUT2D eigenvalue weighted by Gasteiger charge is -2.10. The molecule has 4 heteroatoms. The molecule has 0 aromatic heterocycles. The highest BCUT2D eigenvalue weighted by Crippen LogP contribution is 2.03. The van der Waals surface area contributed by atoms with Crippen molar-refractivity contribution in [3.63, 3.8) is 0 Å². The molecule has 4 nitrogen and oxygen atoms in total. The predicted molar refractivity (Wildman–Crippen MR) is 65.2 cm³/mol. The zero-order valence-electron chi connectivity index (χ0n) is 9.86. The number of carbonyl (C=O) groups is 1. The summed E-state index contributed by atoms with van der Waals surface area (Å²) in [5.74, 6) is -0.382. The monoisotopic (exact) mass is 221 g/mol. The van der Waals surface area contributed by atoms with Crippen LogP contribution in [0.3, 0.4) is 0 Å². The lowest BCUT2D eigenvalue weighted by Crippen LogP contribution is -2.26. The molecule has 0 unspecified atom stereocenters. The van der Waals surface area contributed by atoms with Crippen molar-refractivity contribution in [2.24, 2.45) is 5.73 Å². The number of carbonyl (C=O) groups excluding carboxylic acids is 1. The summed E-state index contributed by atoms with van der Waals surface area (Å²) in [6.45, 7) is 2.77. The van der Waals surface area contributed by atoms with Crippen LogP contribution in [-0.4, -0.2) is 38.0 Å². The van der Waals surface area contributed by atoms with Gasteiger partial charge in [0.15, 0.2) is 0 Å². The second-order valence-electron chi connectivity index (χ2n) is 4.04. The molecule has 0 atom stereocenters. The number of amides is 1. The van der Waals surface area contributed by atoms with E-state index in [2.05, 4.69) is 10.2 Å². The minimum Gasteiger partial charge on any atom is -0.366 e. The van der Waals surface area contributed by atoms with Gasteiger partial charge in [-0.2, -0.15) is 0 Å². The fourth-order valence-electron chi connectivity index (χ4n) is 1.32. The minimum absolute atomic E-state index is 0.382. The van der Waals surface area contributed by atoms with Crippen molar-refractivity contribution < 1.29 is 4.79 Å². The van der Waals surface area contributed by atoms with Crippen molar-refractivity contribution >= 4 is 5.91 Å². The van der Waals surface area contributed by atoms with E-state index in [1.807, 2.05) is 26.2 Å². The third-order valence-electron chi connectivity index (χ3n) is 2.30. The standard InChI is InChI=1S/C12H19N3O/c1-15(2)8-7-14-9-10-3-5-11(6-4-10)12(13)16/h3-6,14H,7-9H2,1-2H3,(H2,13,16). The summed E-state index contributed by atoms with van der Waals surface area (Å²) < 4.78 is 0. The average Bonchev–Trinajstić information content (AvgIpc) is 2.25. The highest BCUT2D eigenvalue weighted by atomic mass is 16.1. The molecule has 88 valence electrons. The van der Waals surface area contributed by atoms with Crippen LogP contribution >= 0.6 is 0 Å². The van der Waals surface area contributed by atoms with E-state index in [1.165, 1.54) is 0 Å². The van der Waals surface area contributed by atoms with E-state index < -0.39 is 0 Å². The fraction of sp³-hybridized carbons (Fsp3) is 0.417. The van der Waals surface area contributed by atoms with E-state index in [4.69, 9.17) is 5.73 Å². The molecule has 0 radical (unpaired) electrons. The third kappa shape index (κ3) is 4.42. The SMILES string of the molecule is CN(C)CCNCc1ccc(C(N)=O)cc1. The molecule has 0 aliphatic heterocycles.